The van der Waals surface area contributed by atoms with Crippen molar-refractivity contribution >= 4 is 0 Å². The standard InChI is InChI=1S/C19H20N2O2/c1-15-12-19(20-21(15)10-11-22)17-8-5-9-18(13-17)23-14-16-6-3-2-4-7-16/h2-9,12-13,22H,10-11,14H2,1H3. The molecule has 4 nitrogen and oxygen atoms in total. The number of hydrogen-bond acceptors (Lipinski definition) is 3. The predicted octanol–water partition coefficient (Wildman–Crippen LogP) is 3.43. The van der Waals surface area contributed by atoms with E-state index in [1.54, 1.807) is 0 Å². The fourth-order valence-corrected chi connectivity index (χ4v) is 2.46. The Bertz CT molecular complexity index is 766. The monoisotopic (exact) mass is 308 g/mol. The largest absolute Gasteiger partial charge is 0.489 e. The molecular weight excluding hydrogens is 288 g/mol. The maximum absolute atomic E-state index is 9.07. The molecule has 1 N–H and O–H groups in total. The molecule has 0 aliphatic rings. The molecule has 0 radical (unpaired) electrons. The average Bonchev–Trinajstić information content (AvgIpc) is 2.96. The van der Waals surface area contributed by atoms with Gasteiger partial charge in [-0.3, -0.25) is 4.68 Å². The van der Waals surface area contributed by atoms with Crippen molar-refractivity contribution in [1.29, 1.82) is 0 Å². The van der Waals surface area contributed by atoms with Crippen LogP contribution in [0.1, 0.15) is 11.3 Å². The van der Waals surface area contributed by atoms with Gasteiger partial charge in [0, 0.05) is 11.3 Å². The lowest BCUT2D eigenvalue weighted by molar-refractivity contribution is 0.268. The van der Waals surface area contributed by atoms with Gasteiger partial charge in [0.25, 0.3) is 0 Å². The molecule has 1 heterocycles. The van der Waals surface area contributed by atoms with E-state index in [0.29, 0.717) is 13.2 Å². The van der Waals surface area contributed by atoms with Crippen LogP contribution in [-0.2, 0) is 13.2 Å². The summed E-state index contributed by atoms with van der Waals surface area (Å²) >= 11 is 0. The Morgan fingerprint density at radius 2 is 1.87 bits per heavy atom. The van der Waals surface area contributed by atoms with Gasteiger partial charge in [-0.2, -0.15) is 5.10 Å². The Labute approximate surface area is 136 Å². The molecule has 0 saturated carbocycles. The van der Waals surface area contributed by atoms with E-state index >= 15 is 0 Å². The van der Waals surface area contributed by atoms with Crippen LogP contribution < -0.4 is 4.74 Å². The highest BCUT2D eigenvalue weighted by Crippen LogP contribution is 2.24. The molecule has 1 aromatic heterocycles. The van der Waals surface area contributed by atoms with Crippen LogP contribution in [0.3, 0.4) is 0 Å². The number of ether oxygens (including phenoxy) is 1. The highest BCUT2D eigenvalue weighted by Gasteiger charge is 2.07. The zero-order chi connectivity index (χ0) is 16.1. The second kappa shape index (κ2) is 7.11. The van der Waals surface area contributed by atoms with E-state index in [9.17, 15) is 0 Å². The van der Waals surface area contributed by atoms with Crippen LogP contribution >= 0.6 is 0 Å². The Balaban J connectivity index is 1.75. The lowest BCUT2D eigenvalue weighted by Crippen LogP contribution is -2.05. The highest BCUT2D eigenvalue weighted by atomic mass is 16.5. The Morgan fingerprint density at radius 3 is 2.65 bits per heavy atom. The van der Waals surface area contributed by atoms with E-state index in [0.717, 1.165) is 28.3 Å². The number of rotatable bonds is 6. The summed E-state index contributed by atoms with van der Waals surface area (Å²) in [5.41, 5.74) is 4.07. The van der Waals surface area contributed by atoms with Gasteiger partial charge in [-0.15, -0.1) is 0 Å². The van der Waals surface area contributed by atoms with Crippen LogP contribution in [-0.4, -0.2) is 21.5 Å². The number of aromatic nitrogens is 2. The molecule has 0 aliphatic carbocycles. The summed E-state index contributed by atoms with van der Waals surface area (Å²) < 4.78 is 7.68. The number of aliphatic hydroxyl groups excluding tert-OH is 1. The van der Waals surface area contributed by atoms with E-state index in [1.807, 2.05) is 72.3 Å². The topological polar surface area (TPSA) is 47.3 Å². The van der Waals surface area contributed by atoms with Gasteiger partial charge in [-0.1, -0.05) is 42.5 Å². The van der Waals surface area contributed by atoms with E-state index in [1.165, 1.54) is 0 Å². The number of benzene rings is 2. The number of hydrogen-bond donors (Lipinski definition) is 1. The van der Waals surface area contributed by atoms with Crippen LogP contribution in [0, 0.1) is 6.92 Å². The molecular formula is C19H20N2O2. The second-order valence-corrected chi connectivity index (χ2v) is 5.42. The first-order chi connectivity index (χ1) is 11.3. The fraction of sp³-hybridized carbons (Fsp3) is 0.211. The molecule has 3 aromatic rings. The van der Waals surface area contributed by atoms with E-state index in [-0.39, 0.29) is 6.61 Å². The minimum atomic E-state index is 0.0855. The van der Waals surface area contributed by atoms with Gasteiger partial charge >= 0.3 is 0 Å². The van der Waals surface area contributed by atoms with Crippen molar-refractivity contribution < 1.29 is 9.84 Å². The van der Waals surface area contributed by atoms with Crippen molar-refractivity contribution in [3.8, 4) is 17.0 Å². The summed E-state index contributed by atoms with van der Waals surface area (Å²) in [6, 6.07) is 20.0. The molecule has 0 spiro atoms. The predicted molar refractivity (Wildman–Crippen MR) is 90.3 cm³/mol. The molecule has 0 bridgehead atoms. The van der Waals surface area contributed by atoms with Crippen LogP contribution in [0.25, 0.3) is 11.3 Å². The number of nitrogens with zero attached hydrogens (tertiary/aromatic N) is 2. The van der Waals surface area contributed by atoms with E-state index in [2.05, 4.69) is 5.10 Å². The SMILES string of the molecule is Cc1cc(-c2cccc(OCc3ccccc3)c2)nn1CCO. The zero-order valence-electron chi connectivity index (χ0n) is 13.1. The number of aliphatic hydroxyl groups is 1. The fourth-order valence-electron chi connectivity index (χ4n) is 2.46. The lowest BCUT2D eigenvalue weighted by Gasteiger charge is -2.07. The third-order valence-electron chi connectivity index (χ3n) is 3.67. The van der Waals surface area contributed by atoms with Crippen molar-refractivity contribution in [1.82, 2.24) is 9.78 Å². The molecule has 0 aliphatic heterocycles. The van der Waals surface area contributed by atoms with Gasteiger partial charge in [0.1, 0.15) is 12.4 Å². The summed E-state index contributed by atoms with van der Waals surface area (Å²) in [6.07, 6.45) is 0. The summed E-state index contributed by atoms with van der Waals surface area (Å²) in [7, 11) is 0. The maximum atomic E-state index is 9.07. The Kier molecular flexibility index (Phi) is 4.74. The molecule has 2 aromatic carbocycles. The van der Waals surface area contributed by atoms with Crippen LogP contribution in [0.4, 0.5) is 0 Å². The van der Waals surface area contributed by atoms with Gasteiger partial charge in [0.15, 0.2) is 0 Å². The molecule has 3 rings (SSSR count). The smallest absolute Gasteiger partial charge is 0.120 e. The van der Waals surface area contributed by atoms with Crippen molar-refractivity contribution in [3.05, 3.63) is 71.9 Å². The van der Waals surface area contributed by atoms with Crippen molar-refractivity contribution in [2.75, 3.05) is 6.61 Å². The highest BCUT2D eigenvalue weighted by molar-refractivity contribution is 5.61. The summed E-state index contributed by atoms with van der Waals surface area (Å²) in [5, 5.41) is 13.6. The van der Waals surface area contributed by atoms with Crippen molar-refractivity contribution in [3.63, 3.8) is 0 Å². The van der Waals surface area contributed by atoms with Gasteiger partial charge < -0.3 is 9.84 Å². The molecule has 118 valence electrons. The van der Waals surface area contributed by atoms with E-state index in [4.69, 9.17) is 9.84 Å². The minimum Gasteiger partial charge on any atom is -0.489 e. The first-order valence-corrected chi connectivity index (χ1v) is 7.69. The molecule has 23 heavy (non-hydrogen) atoms. The molecule has 0 saturated heterocycles. The summed E-state index contributed by atoms with van der Waals surface area (Å²) in [4.78, 5) is 0. The normalized spacial score (nSPS) is 10.7. The molecule has 0 amide bonds. The van der Waals surface area contributed by atoms with E-state index < -0.39 is 0 Å². The second-order valence-electron chi connectivity index (χ2n) is 5.42. The number of aryl methyl sites for hydroxylation is 1. The Morgan fingerprint density at radius 1 is 1.04 bits per heavy atom. The van der Waals surface area contributed by atoms with Gasteiger partial charge in [-0.25, -0.2) is 0 Å². The zero-order valence-corrected chi connectivity index (χ0v) is 13.1. The van der Waals surface area contributed by atoms with Gasteiger partial charge in [-0.05, 0) is 30.7 Å². The van der Waals surface area contributed by atoms with Gasteiger partial charge in [0.05, 0.1) is 18.8 Å². The van der Waals surface area contributed by atoms with Crippen molar-refractivity contribution in [2.45, 2.75) is 20.1 Å². The molecule has 4 heteroatoms. The average molecular weight is 308 g/mol. The first-order valence-electron chi connectivity index (χ1n) is 7.69. The maximum Gasteiger partial charge on any atom is 0.120 e. The molecule has 0 atom stereocenters. The summed E-state index contributed by atoms with van der Waals surface area (Å²) in [5.74, 6) is 0.820. The third kappa shape index (κ3) is 3.79. The minimum absolute atomic E-state index is 0.0855. The molecule has 0 fully saturated rings. The quantitative estimate of drug-likeness (QED) is 0.759. The van der Waals surface area contributed by atoms with Crippen molar-refractivity contribution in [2.24, 2.45) is 0 Å². The lowest BCUT2D eigenvalue weighted by atomic mass is 10.1. The van der Waals surface area contributed by atoms with Crippen LogP contribution in [0.5, 0.6) is 5.75 Å². The summed E-state index contributed by atoms with van der Waals surface area (Å²) in [6.45, 7) is 3.13. The Hall–Kier alpha value is -2.59. The first kappa shape index (κ1) is 15.3. The third-order valence-corrected chi connectivity index (χ3v) is 3.67. The van der Waals surface area contributed by atoms with Gasteiger partial charge in [0.2, 0.25) is 0 Å². The van der Waals surface area contributed by atoms with Crippen LogP contribution in [0.2, 0.25) is 0 Å². The van der Waals surface area contributed by atoms with Crippen LogP contribution in [0.15, 0.2) is 60.7 Å². The molecule has 0 unspecified atom stereocenters.